The van der Waals surface area contributed by atoms with Gasteiger partial charge in [0.15, 0.2) is 12.1 Å². The molecule has 0 bridgehead atoms. The number of carbonyl (C=O) groups is 1. The Morgan fingerprint density at radius 2 is 1.34 bits per heavy atom. The van der Waals surface area contributed by atoms with Crippen LogP contribution in [0.1, 0.15) is 76.7 Å². The number of carbonyl (C=O) groups excluding carboxylic acids is 1. The fourth-order valence-corrected chi connectivity index (χ4v) is 13.7. The van der Waals surface area contributed by atoms with Gasteiger partial charge in [-0.2, -0.15) is 0 Å². The number of ether oxygens (including phenoxy) is 4. The fraction of sp³-hybridized carbons (Fsp3) is 0.404. The summed E-state index contributed by atoms with van der Waals surface area (Å²) >= 11 is 7.05. The maximum absolute atomic E-state index is 14.1. The number of fused-ring (bicyclic) bond motifs is 1. The number of allylic oxidation sites excluding steroid dienone is 1. The zero-order valence-electron chi connectivity index (χ0n) is 33.4. The minimum atomic E-state index is -2.74. The van der Waals surface area contributed by atoms with Crippen LogP contribution in [-0.4, -0.2) is 56.5 Å². The molecule has 1 heterocycles. The van der Waals surface area contributed by atoms with Crippen molar-refractivity contribution in [2.45, 2.75) is 95.2 Å². The molecule has 4 aromatic carbocycles. The number of hydrogen-bond donors (Lipinski definition) is 0. The predicted octanol–water partition coefficient (Wildman–Crippen LogP) is 9.79. The third-order valence-electron chi connectivity index (χ3n) is 11.2. The highest BCUT2D eigenvalue weighted by atomic mass is 32.2. The largest absolute Gasteiger partial charge is 0.474 e. The van der Waals surface area contributed by atoms with Crippen molar-refractivity contribution in [1.82, 2.24) is 0 Å². The van der Waals surface area contributed by atoms with Crippen molar-refractivity contribution >= 4 is 52.8 Å². The van der Waals surface area contributed by atoms with Crippen molar-refractivity contribution < 1.29 is 28.2 Å². The molecule has 1 aliphatic carbocycles. The Kier molecular flexibility index (Phi) is 14.6. The first-order valence-electron chi connectivity index (χ1n) is 19.7. The second-order valence-corrected chi connectivity index (χ2v) is 21.5. The van der Waals surface area contributed by atoms with Crippen LogP contribution < -0.4 is 10.4 Å². The molecule has 0 unspecified atom stereocenters. The average molecular weight is 809 g/mol. The standard InChI is InChI=1S/C47H56O6S2Si/c1-33(53-56(47(2,3)4,36-25-15-9-16-26-36)37-27-17-10-18-28-37)20-19-29-41(51-46(54)55-6)43-38-32-42(49-5)52-45(35-23-13-8-14-24-35)44(34-21-11-7-12-22-34)50-40(38)31-30-39(43)48/h7-18,21-28,30-31,33,38,40-45H,19-20,29,32H2,1-6H3/t33-,38-,40-,41-,42+,43+,44+,45+/m0/s1. The van der Waals surface area contributed by atoms with Crippen LogP contribution in [0.25, 0.3) is 0 Å². The molecule has 1 aliphatic heterocycles. The predicted molar refractivity (Wildman–Crippen MR) is 234 cm³/mol. The number of hydrogen-bond acceptors (Lipinski definition) is 8. The lowest BCUT2D eigenvalue weighted by Crippen LogP contribution is -2.67. The molecule has 0 N–H and O–H groups in total. The molecule has 0 spiro atoms. The van der Waals surface area contributed by atoms with Crippen LogP contribution in [0.5, 0.6) is 0 Å². The van der Waals surface area contributed by atoms with E-state index in [1.807, 2.05) is 48.7 Å². The zero-order valence-corrected chi connectivity index (χ0v) is 36.0. The van der Waals surface area contributed by atoms with Crippen LogP contribution in [0.2, 0.25) is 5.04 Å². The molecule has 1 saturated heterocycles. The van der Waals surface area contributed by atoms with Crippen molar-refractivity contribution in [1.29, 1.82) is 0 Å². The van der Waals surface area contributed by atoms with Gasteiger partial charge in [0.1, 0.15) is 18.3 Å². The molecular weight excluding hydrogens is 753 g/mol. The quantitative estimate of drug-likeness (QED) is 0.0978. The lowest BCUT2D eigenvalue weighted by Gasteiger charge is -2.45. The van der Waals surface area contributed by atoms with Crippen molar-refractivity contribution in [3.8, 4) is 0 Å². The van der Waals surface area contributed by atoms with E-state index in [4.69, 9.17) is 35.6 Å². The van der Waals surface area contributed by atoms with E-state index >= 15 is 0 Å². The highest BCUT2D eigenvalue weighted by molar-refractivity contribution is 8.22. The Morgan fingerprint density at radius 1 is 0.821 bits per heavy atom. The normalized spacial score (nSPS) is 24.0. The summed E-state index contributed by atoms with van der Waals surface area (Å²) in [4.78, 5) is 14.1. The lowest BCUT2D eigenvalue weighted by atomic mass is 9.73. The fourth-order valence-electron chi connectivity index (χ4n) is 8.58. The molecule has 296 valence electrons. The molecule has 4 aromatic rings. The Morgan fingerprint density at radius 3 is 1.84 bits per heavy atom. The van der Waals surface area contributed by atoms with Gasteiger partial charge in [0.05, 0.1) is 12.0 Å². The smallest absolute Gasteiger partial charge is 0.261 e. The summed E-state index contributed by atoms with van der Waals surface area (Å²) in [6, 6.07) is 41.8. The van der Waals surface area contributed by atoms with Gasteiger partial charge >= 0.3 is 0 Å². The van der Waals surface area contributed by atoms with Crippen molar-refractivity contribution in [2.75, 3.05) is 13.4 Å². The molecule has 0 amide bonds. The number of thioether (sulfide) groups is 1. The highest BCUT2D eigenvalue weighted by Crippen LogP contribution is 2.46. The Bertz CT molecular complexity index is 1830. The van der Waals surface area contributed by atoms with E-state index in [1.165, 1.54) is 22.1 Å². The van der Waals surface area contributed by atoms with Crippen LogP contribution in [-0.2, 0) is 28.2 Å². The maximum Gasteiger partial charge on any atom is 0.261 e. The molecule has 0 saturated carbocycles. The Hall–Kier alpha value is -3.41. The Balaban J connectivity index is 1.27. The van der Waals surface area contributed by atoms with Gasteiger partial charge in [-0.25, -0.2) is 0 Å². The summed E-state index contributed by atoms with van der Waals surface area (Å²) in [7, 11) is -1.07. The van der Waals surface area contributed by atoms with Crippen LogP contribution in [0.15, 0.2) is 133 Å². The molecule has 6 rings (SSSR count). The summed E-state index contributed by atoms with van der Waals surface area (Å²) in [5.41, 5.74) is 1.99. The van der Waals surface area contributed by atoms with Gasteiger partial charge in [0.2, 0.25) is 4.38 Å². The van der Waals surface area contributed by atoms with Gasteiger partial charge in [-0.1, -0.05) is 160 Å². The van der Waals surface area contributed by atoms with Crippen molar-refractivity contribution in [3.63, 3.8) is 0 Å². The van der Waals surface area contributed by atoms with E-state index in [1.54, 1.807) is 13.2 Å². The van der Waals surface area contributed by atoms with Crippen LogP contribution >= 0.6 is 24.0 Å². The first-order valence-corrected chi connectivity index (χ1v) is 23.3. The van der Waals surface area contributed by atoms with E-state index < -0.39 is 38.8 Å². The van der Waals surface area contributed by atoms with Gasteiger partial charge < -0.3 is 23.4 Å². The number of methoxy groups -OCH3 is 1. The van der Waals surface area contributed by atoms with Crippen LogP contribution in [0.3, 0.4) is 0 Å². The number of rotatable bonds is 13. The Labute approximate surface area is 344 Å². The van der Waals surface area contributed by atoms with Gasteiger partial charge in [0, 0.05) is 25.6 Å². The summed E-state index contributed by atoms with van der Waals surface area (Å²) in [6.07, 6.45) is 5.77. The van der Waals surface area contributed by atoms with E-state index in [-0.39, 0.29) is 28.9 Å². The van der Waals surface area contributed by atoms with Gasteiger partial charge in [-0.3, -0.25) is 4.79 Å². The van der Waals surface area contributed by atoms with Crippen molar-refractivity contribution in [2.24, 2.45) is 11.8 Å². The summed E-state index contributed by atoms with van der Waals surface area (Å²) in [6.45, 7) is 9.09. The number of ketones is 1. The molecule has 0 radical (unpaired) electrons. The minimum absolute atomic E-state index is 0.00617. The maximum atomic E-state index is 14.1. The monoisotopic (exact) mass is 808 g/mol. The highest BCUT2D eigenvalue weighted by Gasteiger charge is 2.51. The first-order chi connectivity index (χ1) is 27.1. The molecule has 8 atom stereocenters. The van der Waals surface area contributed by atoms with Crippen LogP contribution in [0, 0.1) is 11.8 Å². The second kappa shape index (κ2) is 19.4. The third-order valence-corrected chi connectivity index (χ3v) is 17.4. The van der Waals surface area contributed by atoms with Crippen LogP contribution in [0.4, 0.5) is 0 Å². The van der Waals surface area contributed by atoms with Gasteiger partial charge in [-0.05, 0) is 77.3 Å². The molecule has 2 aliphatic rings. The topological polar surface area (TPSA) is 63.2 Å². The van der Waals surface area contributed by atoms with Crippen molar-refractivity contribution in [3.05, 3.63) is 145 Å². The molecular formula is C47H56O6S2Si. The minimum Gasteiger partial charge on any atom is -0.474 e. The molecule has 6 nitrogen and oxygen atoms in total. The van der Waals surface area contributed by atoms with E-state index in [2.05, 4.69) is 113 Å². The summed E-state index contributed by atoms with van der Waals surface area (Å²) in [5, 5.41) is 2.38. The summed E-state index contributed by atoms with van der Waals surface area (Å²) < 4.78 is 34.3. The number of benzene rings is 4. The summed E-state index contributed by atoms with van der Waals surface area (Å²) in [5.74, 6) is -0.790. The van der Waals surface area contributed by atoms with E-state index in [9.17, 15) is 4.79 Å². The van der Waals surface area contributed by atoms with E-state index in [0.717, 1.165) is 24.0 Å². The zero-order chi connectivity index (χ0) is 39.7. The molecule has 0 aromatic heterocycles. The second-order valence-electron chi connectivity index (χ2n) is 15.9. The van der Waals surface area contributed by atoms with E-state index in [0.29, 0.717) is 17.2 Å². The average Bonchev–Trinajstić information content (AvgIpc) is 3.21. The molecule has 1 fully saturated rings. The van der Waals surface area contributed by atoms with Gasteiger partial charge in [0.25, 0.3) is 8.32 Å². The third kappa shape index (κ3) is 9.64. The lowest BCUT2D eigenvalue weighted by molar-refractivity contribution is -0.235. The van der Waals surface area contributed by atoms with Gasteiger partial charge in [-0.15, -0.1) is 0 Å². The number of thiocarbonyl (C=S) groups is 1. The SMILES string of the molecule is CO[C@H]1C[C@@H]2[C@@H]([C@H](CCC[C@H](C)O[Si](c3ccccc3)(c3ccccc3)C(C)(C)C)OC(=S)SC)C(=O)C=C[C@@H]2O[C@H](c2ccccc2)[C@@H](c2ccccc2)O1. The molecule has 9 heteroatoms. The molecule has 56 heavy (non-hydrogen) atoms. The first kappa shape index (κ1) is 42.2.